The molecule has 2 atom stereocenters. The normalized spacial score (nSPS) is 16.6. The lowest BCUT2D eigenvalue weighted by Gasteiger charge is -2.43. The first-order valence-corrected chi connectivity index (χ1v) is 12.5. The van der Waals surface area contributed by atoms with Gasteiger partial charge in [0.1, 0.15) is 0 Å². The van der Waals surface area contributed by atoms with Gasteiger partial charge < -0.3 is 14.4 Å². The summed E-state index contributed by atoms with van der Waals surface area (Å²) in [4.78, 5) is 30.7. The topological polar surface area (TPSA) is 104 Å². The molecule has 1 aliphatic heterocycles. The molecule has 2 aromatic heterocycles. The zero-order valence-corrected chi connectivity index (χ0v) is 22.0. The maximum absolute atomic E-state index is 13.0. The maximum atomic E-state index is 13.0. The Labute approximate surface area is 218 Å². The van der Waals surface area contributed by atoms with Crippen molar-refractivity contribution in [3.63, 3.8) is 0 Å². The fourth-order valence-corrected chi connectivity index (χ4v) is 4.66. The van der Waals surface area contributed by atoms with E-state index in [-0.39, 0.29) is 18.7 Å². The third kappa shape index (κ3) is 5.26. The first-order valence-electron chi connectivity index (χ1n) is 11.7. The number of hydrogen-bond donors (Lipinski definition) is 0. The molecule has 3 heterocycles. The molecule has 4 rings (SSSR count). The second-order valence-corrected chi connectivity index (χ2v) is 9.20. The van der Waals surface area contributed by atoms with Crippen LogP contribution in [-0.4, -0.2) is 40.8 Å². The fraction of sp³-hybridized carbons (Fsp3) is 0.346. The smallest absolute Gasteiger partial charge is 0.414 e. The summed E-state index contributed by atoms with van der Waals surface area (Å²) >= 11 is 3.41. The van der Waals surface area contributed by atoms with Gasteiger partial charge in [-0.05, 0) is 59.5 Å². The molecule has 10 heteroatoms. The van der Waals surface area contributed by atoms with Crippen LogP contribution in [0.1, 0.15) is 49.6 Å². The van der Waals surface area contributed by atoms with Gasteiger partial charge in [-0.15, -0.1) is 0 Å². The Morgan fingerprint density at radius 1 is 1.25 bits per heavy atom. The predicted molar refractivity (Wildman–Crippen MR) is 139 cm³/mol. The van der Waals surface area contributed by atoms with Crippen LogP contribution >= 0.6 is 15.9 Å². The van der Waals surface area contributed by atoms with Crippen LogP contribution < -0.4 is 14.5 Å². The highest BCUT2D eigenvalue weighted by atomic mass is 79.9. The minimum Gasteiger partial charge on any atom is -0.481 e. The molecule has 0 saturated heterocycles. The van der Waals surface area contributed by atoms with Crippen molar-refractivity contribution < 1.29 is 14.3 Å². The minimum atomic E-state index is -0.399. The molecule has 0 bridgehead atoms. The Morgan fingerprint density at radius 3 is 2.69 bits per heavy atom. The van der Waals surface area contributed by atoms with Gasteiger partial charge in [-0.1, -0.05) is 19.1 Å². The average Bonchev–Trinajstić information content (AvgIpc) is 2.91. The number of anilines is 2. The van der Waals surface area contributed by atoms with Gasteiger partial charge in [-0.2, -0.15) is 5.26 Å². The number of nitriles is 1. The van der Waals surface area contributed by atoms with E-state index in [4.69, 9.17) is 14.5 Å². The zero-order valence-electron chi connectivity index (χ0n) is 20.4. The molecule has 0 fully saturated rings. The summed E-state index contributed by atoms with van der Waals surface area (Å²) in [5.74, 6) is 0.959. The summed E-state index contributed by atoms with van der Waals surface area (Å²) in [5, 5.41) is 9.41. The van der Waals surface area contributed by atoms with Crippen molar-refractivity contribution in [2.45, 2.75) is 45.3 Å². The van der Waals surface area contributed by atoms with Crippen molar-refractivity contribution in [3.8, 4) is 11.9 Å². The second kappa shape index (κ2) is 11.4. The lowest BCUT2D eigenvalue weighted by Crippen LogP contribution is -2.48. The molecule has 1 aliphatic rings. The molecule has 3 aromatic rings. The van der Waals surface area contributed by atoms with E-state index in [1.54, 1.807) is 43.5 Å². The number of nitrogens with zero attached hydrogens (tertiary/aromatic N) is 6. The van der Waals surface area contributed by atoms with Crippen LogP contribution in [-0.2, 0) is 11.3 Å². The Kier molecular flexibility index (Phi) is 8.00. The van der Waals surface area contributed by atoms with Crippen molar-refractivity contribution in [3.05, 3.63) is 70.1 Å². The molecular weight excluding hydrogens is 524 g/mol. The van der Waals surface area contributed by atoms with Crippen molar-refractivity contribution in [2.24, 2.45) is 0 Å². The SMILES string of the molecule is CCOC(=O)N1c2ccc(OC)nc2C(N(Cc2cccc(C#N)c2)c2ncc(Br)cn2)C[C@H]1CC. The molecule has 186 valence electrons. The number of aromatic nitrogens is 3. The summed E-state index contributed by atoms with van der Waals surface area (Å²) in [6.45, 7) is 4.56. The van der Waals surface area contributed by atoms with E-state index in [9.17, 15) is 10.1 Å². The number of amides is 1. The van der Waals surface area contributed by atoms with Crippen molar-refractivity contribution in [2.75, 3.05) is 23.5 Å². The number of carbonyl (C=O) groups is 1. The highest BCUT2D eigenvalue weighted by molar-refractivity contribution is 9.10. The first-order chi connectivity index (χ1) is 17.5. The van der Waals surface area contributed by atoms with E-state index in [1.165, 1.54) is 0 Å². The van der Waals surface area contributed by atoms with Gasteiger partial charge in [0, 0.05) is 31.0 Å². The average molecular weight is 551 g/mol. The molecule has 0 radical (unpaired) electrons. The van der Waals surface area contributed by atoms with E-state index in [1.807, 2.05) is 31.2 Å². The van der Waals surface area contributed by atoms with Crippen LogP contribution in [0.5, 0.6) is 5.88 Å². The van der Waals surface area contributed by atoms with Gasteiger partial charge in [0.15, 0.2) is 0 Å². The molecule has 0 N–H and O–H groups in total. The van der Waals surface area contributed by atoms with Crippen molar-refractivity contribution >= 4 is 33.7 Å². The number of ether oxygens (including phenoxy) is 2. The Balaban J connectivity index is 1.86. The van der Waals surface area contributed by atoms with Crippen LogP contribution in [0.25, 0.3) is 0 Å². The van der Waals surface area contributed by atoms with Crippen LogP contribution in [0.3, 0.4) is 0 Å². The molecule has 0 spiro atoms. The maximum Gasteiger partial charge on any atom is 0.414 e. The van der Waals surface area contributed by atoms with Crippen LogP contribution in [0.4, 0.5) is 16.4 Å². The lowest BCUT2D eigenvalue weighted by molar-refractivity contribution is 0.155. The van der Waals surface area contributed by atoms with E-state index in [2.05, 4.69) is 36.9 Å². The molecule has 1 amide bonds. The Bertz CT molecular complexity index is 1260. The number of halogens is 1. The van der Waals surface area contributed by atoms with E-state index < -0.39 is 6.09 Å². The van der Waals surface area contributed by atoms with E-state index in [0.29, 0.717) is 41.7 Å². The summed E-state index contributed by atoms with van der Waals surface area (Å²) in [6, 6.07) is 12.9. The van der Waals surface area contributed by atoms with Crippen molar-refractivity contribution in [1.82, 2.24) is 15.0 Å². The number of rotatable bonds is 7. The summed E-state index contributed by atoms with van der Waals surface area (Å²) in [7, 11) is 1.56. The van der Waals surface area contributed by atoms with Crippen LogP contribution in [0.15, 0.2) is 53.3 Å². The second-order valence-electron chi connectivity index (χ2n) is 8.28. The number of methoxy groups -OCH3 is 1. The molecule has 36 heavy (non-hydrogen) atoms. The number of benzene rings is 1. The van der Waals surface area contributed by atoms with Crippen LogP contribution in [0.2, 0.25) is 0 Å². The van der Waals surface area contributed by atoms with Gasteiger partial charge in [-0.25, -0.2) is 19.7 Å². The van der Waals surface area contributed by atoms with Crippen LogP contribution in [0, 0.1) is 11.3 Å². The number of fused-ring (bicyclic) bond motifs is 1. The predicted octanol–water partition coefficient (Wildman–Crippen LogP) is 5.41. The molecular formula is C26H27BrN6O3. The minimum absolute atomic E-state index is 0.125. The quantitative estimate of drug-likeness (QED) is 0.384. The molecule has 1 unspecified atom stereocenters. The highest BCUT2D eigenvalue weighted by Crippen LogP contribution is 2.43. The summed E-state index contributed by atoms with van der Waals surface area (Å²) < 4.78 is 11.6. The number of hydrogen-bond acceptors (Lipinski definition) is 8. The lowest BCUT2D eigenvalue weighted by atomic mass is 9.92. The number of carbonyl (C=O) groups excluding carboxylic acids is 1. The largest absolute Gasteiger partial charge is 0.481 e. The molecule has 0 saturated carbocycles. The standard InChI is InChI=1S/C26H27BrN6O3/c1-4-20-12-22(24-21(9-10-23(31-24)35-3)33(20)26(34)36-5-2)32(25-29-14-19(27)15-30-25)16-18-8-6-7-17(11-18)13-28/h6-11,14-15,20,22H,4-5,12,16H2,1-3H3/t20-,22?/m1/s1. The third-order valence-electron chi connectivity index (χ3n) is 6.11. The molecule has 9 nitrogen and oxygen atoms in total. The van der Waals surface area contributed by atoms with E-state index >= 15 is 0 Å². The fourth-order valence-electron chi connectivity index (χ4n) is 4.46. The van der Waals surface area contributed by atoms with Gasteiger partial charge in [0.2, 0.25) is 11.8 Å². The van der Waals surface area contributed by atoms with Gasteiger partial charge in [0.25, 0.3) is 0 Å². The van der Waals surface area contributed by atoms with Gasteiger partial charge in [-0.3, -0.25) is 4.90 Å². The number of pyridine rings is 1. The first kappa shape index (κ1) is 25.4. The Hall–Kier alpha value is -3.71. The zero-order chi connectivity index (χ0) is 25.7. The summed E-state index contributed by atoms with van der Waals surface area (Å²) in [6.07, 6.45) is 4.31. The summed E-state index contributed by atoms with van der Waals surface area (Å²) in [5.41, 5.74) is 2.86. The molecule has 0 aliphatic carbocycles. The van der Waals surface area contributed by atoms with Gasteiger partial charge >= 0.3 is 6.09 Å². The highest BCUT2D eigenvalue weighted by Gasteiger charge is 2.40. The van der Waals surface area contributed by atoms with E-state index in [0.717, 1.165) is 16.5 Å². The Morgan fingerprint density at radius 2 is 2.03 bits per heavy atom. The van der Waals surface area contributed by atoms with Gasteiger partial charge in [0.05, 0.1) is 47.2 Å². The molecule has 1 aromatic carbocycles. The van der Waals surface area contributed by atoms with Crippen molar-refractivity contribution in [1.29, 1.82) is 5.26 Å². The monoisotopic (exact) mass is 550 g/mol. The third-order valence-corrected chi connectivity index (χ3v) is 6.52.